The molecule has 1 saturated heterocycles. The molecule has 1 N–H and O–H groups in total. The summed E-state index contributed by atoms with van der Waals surface area (Å²) < 4.78 is 12.0. The Morgan fingerprint density at radius 1 is 1.42 bits per heavy atom. The first-order chi connectivity index (χ1) is 9.24. The predicted molar refractivity (Wildman–Crippen MR) is 80.8 cm³/mol. The molecule has 19 heavy (non-hydrogen) atoms. The van der Waals surface area contributed by atoms with Crippen LogP contribution >= 0.6 is 15.9 Å². The Labute approximate surface area is 123 Å². The van der Waals surface area contributed by atoms with E-state index in [9.17, 15) is 0 Å². The monoisotopic (exact) mass is 327 g/mol. The fourth-order valence-corrected chi connectivity index (χ4v) is 3.17. The Morgan fingerprint density at radius 2 is 2.16 bits per heavy atom. The summed E-state index contributed by atoms with van der Waals surface area (Å²) in [5.41, 5.74) is 1.25. The lowest BCUT2D eigenvalue weighted by Crippen LogP contribution is -2.38. The normalized spacial score (nSPS) is 18.3. The van der Waals surface area contributed by atoms with Crippen molar-refractivity contribution >= 4 is 15.9 Å². The molecule has 106 valence electrons. The third kappa shape index (κ3) is 3.94. The fourth-order valence-electron chi connectivity index (χ4n) is 2.77. The van der Waals surface area contributed by atoms with E-state index in [0.29, 0.717) is 12.0 Å². The highest BCUT2D eigenvalue weighted by Gasteiger charge is 2.24. The molecule has 1 unspecified atom stereocenters. The van der Waals surface area contributed by atoms with Crippen molar-refractivity contribution in [3.05, 3.63) is 28.2 Å². The Hall–Kier alpha value is -0.580. The molecule has 4 heteroatoms. The van der Waals surface area contributed by atoms with Gasteiger partial charge in [-0.3, -0.25) is 0 Å². The molecule has 1 aliphatic rings. The Kier molecular flexibility index (Phi) is 5.67. The van der Waals surface area contributed by atoms with Gasteiger partial charge in [-0.1, -0.05) is 15.9 Å². The van der Waals surface area contributed by atoms with Gasteiger partial charge in [-0.05, 0) is 56.0 Å². The van der Waals surface area contributed by atoms with Crippen LogP contribution in [0.2, 0.25) is 0 Å². The lowest BCUT2D eigenvalue weighted by Gasteiger charge is -2.30. The van der Waals surface area contributed by atoms with Gasteiger partial charge in [0.2, 0.25) is 0 Å². The highest BCUT2D eigenvalue weighted by molar-refractivity contribution is 9.10. The molecule has 0 amide bonds. The first-order valence-corrected chi connectivity index (χ1v) is 7.61. The van der Waals surface area contributed by atoms with Crippen LogP contribution in [0, 0.1) is 5.92 Å². The lowest BCUT2D eigenvalue weighted by atomic mass is 9.87. The van der Waals surface area contributed by atoms with Crippen molar-refractivity contribution in [3.63, 3.8) is 0 Å². The van der Waals surface area contributed by atoms with Crippen molar-refractivity contribution in [2.45, 2.75) is 25.3 Å². The van der Waals surface area contributed by atoms with Gasteiger partial charge in [-0.15, -0.1) is 0 Å². The standard InChI is InChI=1S/C15H22BrNO2/c1-17-14(11-5-7-19-8-6-11)10-12-9-13(16)3-4-15(12)18-2/h3-4,9,11,14,17H,5-8,10H2,1-2H3. The minimum Gasteiger partial charge on any atom is -0.496 e. The van der Waals surface area contributed by atoms with E-state index in [2.05, 4.69) is 27.3 Å². The Bertz CT molecular complexity index is 405. The second kappa shape index (κ2) is 7.27. The van der Waals surface area contributed by atoms with Gasteiger partial charge in [-0.2, -0.15) is 0 Å². The Balaban J connectivity index is 2.10. The number of hydrogen-bond acceptors (Lipinski definition) is 3. The molecule has 0 saturated carbocycles. The summed E-state index contributed by atoms with van der Waals surface area (Å²) in [7, 11) is 3.78. The van der Waals surface area contributed by atoms with E-state index in [1.165, 1.54) is 5.56 Å². The van der Waals surface area contributed by atoms with Crippen LogP contribution in [0.5, 0.6) is 5.75 Å². The maximum atomic E-state index is 5.46. The van der Waals surface area contributed by atoms with Crippen LogP contribution in [0.4, 0.5) is 0 Å². The van der Waals surface area contributed by atoms with Crippen LogP contribution in [0.25, 0.3) is 0 Å². The topological polar surface area (TPSA) is 30.5 Å². The van der Waals surface area contributed by atoms with Crippen molar-refractivity contribution in [1.29, 1.82) is 0 Å². The van der Waals surface area contributed by atoms with E-state index in [-0.39, 0.29) is 0 Å². The molecule has 1 aromatic carbocycles. The Morgan fingerprint density at radius 3 is 2.79 bits per heavy atom. The fraction of sp³-hybridized carbons (Fsp3) is 0.600. The summed E-state index contributed by atoms with van der Waals surface area (Å²) in [5.74, 6) is 1.65. The number of benzene rings is 1. The number of methoxy groups -OCH3 is 1. The second-order valence-corrected chi connectivity index (χ2v) is 5.92. The van der Waals surface area contributed by atoms with E-state index in [4.69, 9.17) is 9.47 Å². The highest BCUT2D eigenvalue weighted by Crippen LogP contribution is 2.27. The van der Waals surface area contributed by atoms with Gasteiger partial charge in [-0.25, -0.2) is 0 Å². The number of hydrogen-bond donors (Lipinski definition) is 1. The smallest absolute Gasteiger partial charge is 0.122 e. The number of likely N-dealkylation sites (N-methyl/N-ethyl adjacent to an activating group) is 1. The maximum absolute atomic E-state index is 5.46. The minimum absolute atomic E-state index is 0.479. The number of nitrogens with one attached hydrogen (secondary N) is 1. The van der Waals surface area contributed by atoms with Crippen LogP contribution < -0.4 is 10.1 Å². The molecule has 0 aromatic heterocycles. The molecule has 1 aliphatic heterocycles. The molecular formula is C15H22BrNO2. The molecule has 1 atom stereocenters. The molecule has 2 rings (SSSR count). The van der Waals surface area contributed by atoms with Crippen LogP contribution in [-0.2, 0) is 11.2 Å². The molecule has 3 nitrogen and oxygen atoms in total. The summed E-state index contributed by atoms with van der Waals surface area (Å²) in [5, 5.41) is 3.46. The number of ether oxygens (including phenoxy) is 2. The van der Waals surface area contributed by atoms with Gasteiger partial charge < -0.3 is 14.8 Å². The van der Waals surface area contributed by atoms with Gasteiger partial charge in [0.1, 0.15) is 5.75 Å². The predicted octanol–water partition coefficient (Wildman–Crippen LogP) is 3.01. The summed E-state index contributed by atoms with van der Waals surface area (Å²) in [6.45, 7) is 1.77. The lowest BCUT2D eigenvalue weighted by molar-refractivity contribution is 0.0547. The summed E-state index contributed by atoms with van der Waals surface area (Å²) in [6, 6.07) is 6.68. The van der Waals surface area contributed by atoms with Crippen LogP contribution in [0.3, 0.4) is 0 Å². The second-order valence-electron chi connectivity index (χ2n) is 5.01. The molecular weight excluding hydrogens is 306 g/mol. The van der Waals surface area contributed by atoms with E-state index < -0.39 is 0 Å². The SMILES string of the molecule is CNC(Cc1cc(Br)ccc1OC)C1CCOCC1. The van der Waals surface area contributed by atoms with Crippen LogP contribution in [0.15, 0.2) is 22.7 Å². The highest BCUT2D eigenvalue weighted by atomic mass is 79.9. The average Bonchev–Trinajstić information content (AvgIpc) is 2.46. The van der Waals surface area contributed by atoms with Gasteiger partial charge in [0.25, 0.3) is 0 Å². The van der Waals surface area contributed by atoms with Crippen LogP contribution in [0.1, 0.15) is 18.4 Å². The molecule has 1 fully saturated rings. The van der Waals surface area contributed by atoms with Crippen molar-refractivity contribution in [1.82, 2.24) is 5.32 Å². The zero-order valence-corrected chi connectivity index (χ0v) is 13.2. The molecule has 0 radical (unpaired) electrons. The van der Waals surface area contributed by atoms with Crippen molar-refractivity contribution in [2.24, 2.45) is 5.92 Å². The summed E-state index contributed by atoms with van der Waals surface area (Å²) in [6.07, 6.45) is 3.27. The van der Waals surface area contributed by atoms with Crippen molar-refractivity contribution < 1.29 is 9.47 Å². The van der Waals surface area contributed by atoms with E-state index in [1.807, 2.05) is 19.2 Å². The van der Waals surface area contributed by atoms with Gasteiger partial charge in [0, 0.05) is 23.7 Å². The third-order valence-corrected chi connectivity index (χ3v) is 4.38. The van der Waals surface area contributed by atoms with E-state index in [0.717, 1.165) is 42.7 Å². The van der Waals surface area contributed by atoms with E-state index >= 15 is 0 Å². The van der Waals surface area contributed by atoms with Gasteiger partial charge in [0.15, 0.2) is 0 Å². The first-order valence-electron chi connectivity index (χ1n) is 6.82. The zero-order valence-electron chi connectivity index (χ0n) is 11.6. The molecule has 0 aliphatic carbocycles. The van der Waals surface area contributed by atoms with Gasteiger partial charge >= 0.3 is 0 Å². The van der Waals surface area contributed by atoms with Gasteiger partial charge in [0.05, 0.1) is 7.11 Å². The number of halogens is 1. The molecule has 1 aromatic rings. The van der Waals surface area contributed by atoms with E-state index in [1.54, 1.807) is 7.11 Å². The molecule has 1 heterocycles. The van der Waals surface area contributed by atoms with Crippen molar-refractivity contribution in [2.75, 3.05) is 27.4 Å². The largest absolute Gasteiger partial charge is 0.496 e. The summed E-state index contributed by atoms with van der Waals surface area (Å²) >= 11 is 3.54. The maximum Gasteiger partial charge on any atom is 0.122 e. The minimum atomic E-state index is 0.479. The first kappa shape index (κ1) is 14.8. The van der Waals surface area contributed by atoms with Crippen molar-refractivity contribution in [3.8, 4) is 5.75 Å². The number of rotatable bonds is 5. The molecule has 0 spiro atoms. The summed E-state index contributed by atoms with van der Waals surface area (Å²) in [4.78, 5) is 0. The molecule has 0 bridgehead atoms. The average molecular weight is 328 g/mol. The quantitative estimate of drug-likeness (QED) is 0.901. The zero-order chi connectivity index (χ0) is 13.7. The van der Waals surface area contributed by atoms with Crippen LogP contribution in [-0.4, -0.2) is 33.4 Å². The third-order valence-electron chi connectivity index (χ3n) is 3.89.